The first-order valence-electron chi connectivity index (χ1n) is 4.71. The molecular weight excluding hydrogens is 258 g/mol. The van der Waals surface area contributed by atoms with E-state index in [4.69, 9.17) is 0 Å². The van der Waals surface area contributed by atoms with Crippen molar-refractivity contribution in [3.63, 3.8) is 0 Å². The average molecular weight is 274 g/mol. The summed E-state index contributed by atoms with van der Waals surface area (Å²) in [5.74, 6) is 0.598. The molecule has 0 radical (unpaired) electrons. The van der Waals surface area contributed by atoms with Crippen LogP contribution < -0.4 is 5.32 Å². The van der Waals surface area contributed by atoms with Gasteiger partial charge in [0.2, 0.25) is 0 Å². The molecule has 1 aromatic heterocycles. The Bertz CT molecular complexity index is 279. The summed E-state index contributed by atoms with van der Waals surface area (Å²) in [6.45, 7) is 9.11. The Balaban J connectivity index is 2.61. The van der Waals surface area contributed by atoms with Crippen LogP contribution in [-0.2, 0) is 0 Å². The van der Waals surface area contributed by atoms with Gasteiger partial charge in [0.05, 0.1) is 0 Å². The van der Waals surface area contributed by atoms with Gasteiger partial charge in [0.15, 0.2) is 0 Å². The van der Waals surface area contributed by atoms with Gasteiger partial charge in [-0.05, 0) is 17.4 Å². The molecule has 1 atom stereocenters. The van der Waals surface area contributed by atoms with Gasteiger partial charge < -0.3 is 5.32 Å². The topological polar surface area (TPSA) is 12.0 Å². The monoisotopic (exact) mass is 273 g/mol. The van der Waals surface area contributed by atoms with Gasteiger partial charge >= 0.3 is 0 Å². The number of hydrogen-bond donors (Lipinski definition) is 1. The maximum Gasteiger partial charge on any atom is 0.0440 e. The van der Waals surface area contributed by atoms with Crippen molar-refractivity contribution >= 4 is 27.3 Å². The van der Waals surface area contributed by atoms with E-state index >= 15 is 0 Å². The van der Waals surface area contributed by atoms with Gasteiger partial charge in [-0.15, -0.1) is 11.3 Å². The fraction of sp³-hybridized carbons (Fsp3) is 0.455. The second kappa shape index (κ2) is 5.69. The lowest BCUT2D eigenvalue weighted by Gasteiger charge is -2.20. The van der Waals surface area contributed by atoms with E-state index in [1.54, 1.807) is 11.3 Å². The van der Waals surface area contributed by atoms with Crippen LogP contribution in [-0.4, -0.2) is 6.54 Å². The van der Waals surface area contributed by atoms with Crippen LogP contribution in [0.25, 0.3) is 0 Å². The van der Waals surface area contributed by atoms with Crippen LogP contribution in [0.3, 0.4) is 0 Å². The quantitative estimate of drug-likeness (QED) is 0.857. The molecule has 1 unspecified atom stereocenters. The SMILES string of the molecule is C=C(Br)CNC(c1cccs1)C(C)C. The number of nitrogens with one attached hydrogen (secondary N) is 1. The second-order valence-electron chi connectivity index (χ2n) is 3.64. The van der Waals surface area contributed by atoms with E-state index in [9.17, 15) is 0 Å². The lowest BCUT2D eigenvalue weighted by atomic mass is 10.0. The van der Waals surface area contributed by atoms with Crippen LogP contribution in [0, 0.1) is 5.92 Å². The van der Waals surface area contributed by atoms with Crippen molar-refractivity contribution < 1.29 is 0 Å². The summed E-state index contributed by atoms with van der Waals surface area (Å²) in [5, 5.41) is 5.61. The lowest BCUT2D eigenvalue weighted by molar-refractivity contribution is 0.435. The van der Waals surface area contributed by atoms with E-state index < -0.39 is 0 Å². The van der Waals surface area contributed by atoms with Gasteiger partial charge in [-0.25, -0.2) is 0 Å². The molecule has 1 rings (SSSR count). The first-order chi connectivity index (χ1) is 6.61. The summed E-state index contributed by atoms with van der Waals surface area (Å²) in [4.78, 5) is 1.40. The smallest absolute Gasteiger partial charge is 0.0440 e. The number of halogens is 1. The Labute approximate surface area is 98.4 Å². The van der Waals surface area contributed by atoms with Crippen molar-refractivity contribution in [3.8, 4) is 0 Å². The van der Waals surface area contributed by atoms with Crippen LogP contribution in [0.15, 0.2) is 28.6 Å². The van der Waals surface area contributed by atoms with Crippen LogP contribution in [0.1, 0.15) is 24.8 Å². The summed E-state index contributed by atoms with van der Waals surface area (Å²) >= 11 is 5.17. The summed E-state index contributed by atoms with van der Waals surface area (Å²) in [7, 11) is 0. The van der Waals surface area contributed by atoms with Gasteiger partial charge in [0.25, 0.3) is 0 Å². The van der Waals surface area contributed by atoms with Crippen molar-refractivity contribution in [2.24, 2.45) is 5.92 Å². The Kier molecular flexibility index (Phi) is 4.85. The molecule has 0 saturated carbocycles. The van der Waals surface area contributed by atoms with E-state index in [-0.39, 0.29) is 0 Å². The maximum absolute atomic E-state index is 3.83. The molecule has 0 fully saturated rings. The normalized spacial score (nSPS) is 13.1. The standard InChI is InChI=1S/C11H16BrNS/c1-8(2)11(13-7-9(3)12)10-5-4-6-14-10/h4-6,8,11,13H,3,7H2,1-2H3. The summed E-state index contributed by atoms with van der Waals surface area (Å²) in [6, 6.07) is 4.71. The van der Waals surface area contributed by atoms with Crippen molar-refractivity contribution in [1.29, 1.82) is 0 Å². The zero-order valence-electron chi connectivity index (χ0n) is 8.59. The van der Waals surface area contributed by atoms with Gasteiger partial charge in [-0.2, -0.15) is 0 Å². The molecule has 0 aromatic carbocycles. The Hall–Kier alpha value is -0.120. The van der Waals surface area contributed by atoms with E-state index in [0.29, 0.717) is 12.0 Å². The predicted octanol–water partition coefficient (Wildman–Crippen LogP) is 3.94. The van der Waals surface area contributed by atoms with Crippen LogP contribution >= 0.6 is 27.3 Å². The van der Waals surface area contributed by atoms with Gasteiger partial charge in [-0.3, -0.25) is 0 Å². The fourth-order valence-corrected chi connectivity index (χ4v) is 2.49. The minimum Gasteiger partial charge on any atom is -0.304 e. The third-order valence-electron chi connectivity index (χ3n) is 2.03. The van der Waals surface area contributed by atoms with Gasteiger partial charge in [0.1, 0.15) is 0 Å². The zero-order chi connectivity index (χ0) is 10.6. The summed E-state index contributed by atoms with van der Waals surface area (Å²) < 4.78 is 1.000. The molecule has 1 aromatic rings. The zero-order valence-corrected chi connectivity index (χ0v) is 11.0. The van der Waals surface area contributed by atoms with E-state index in [1.807, 2.05) is 0 Å². The van der Waals surface area contributed by atoms with E-state index in [2.05, 4.69) is 59.2 Å². The largest absolute Gasteiger partial charge is 0.304 e. The molecule has 1 heterocycles. The summed E-state index contributed by atoms with van der Waals surface area (Å²) in [6.07, 6.45) is 0. The maximum atomic E-state index is 3.83. The molecule has 0 aliphatic rings. The minimum absolute atomic E-state index is 0.435. The number of thiophene rings is 1. The molecule has 0 saturated heterocycles. The van der Waals surface area contributed by atoms with Crippen LogP contribution in [0.5, 0.6) is 0 Å². The Morgan fingerprint density at radius 2 is 2.36 bits per heavy atom. The van der Waals surface area contributed by atoms with Crippen molar-refractivity contribution in [3.05, 3.63) is 33.5 Å². The molecule has 0 aliphatic carbocycles. The molecule has 3 heteroatoms. The minimum atomic E-state index is 0.435. The number of rotatable bonds is 5. The highest BCUT2D eigenvalue weighted by atomic mass is 79.9. The fourth-order valence-electron chi connectivity index (χ4n) is 1.35. The van der Waals surface area contributed by atoms with E-state index in [1.165, 1.54) is 4.88 Å². The summed E-state index contributed by atoms with van der Waals surface area (Å²) in [5.41, 5.74) is 0. The molecule has 0 spiro atoms. The third-order valence-corrected chi connectivity index (χ3v) is 3.27. The predicted molar refractivity (Wildman–Crippen MR) is 68.0 cm³/mol. The van der Waals surface area contributed by atoms with Gasteiger partial charge in [0, 0.05) is 21.9 Å². The highest BCUT2D eigenvalue weighted by molar-refractivity contribution is 9.11. The average Bonchev–Trinajstić information content (AvgIpc) is 2.56. The highest BCUT2D eigenvalue weighted by Gasteiger charge is 2.15. The van der Waals surface area contributed by atoms with Crippen LogP contribution in [0.2, 0.25) is 0 Å². The second-order valence-corrected chi connectivity index (χ2v) is 5.74. The Morgan fingerprint density at radius 1 is 1.64 bits per heavy atom. The first-order valence-corrected chi connectivity index (χ1v) is 6.38. The van der Waals surface area contributed by atoms with Gasteiger partial charge in [-0.1, -0.05) is 42.4 Å². The first kappa shape index (κ1) is 12.0. The molecular formula is C11H16BrNS. The van der Waals surface area contributed by atoms with Crippen molar-refractivity contribution in [1.82, 2.24) is 5.32 Å². The molecule has 78 valence electrons. The molecule has 1 nitrogen and oxygen atoms in total. The lowest BCUT2D eigenvalue weighted by Crippen LogP contribution is -2.25. The number of hydrogen-bond acceptors (Lipinski definition) is 2. The molecule has 1 N–H and O–H groups in total. The third kappa shape index (κ3) is 3.56. The van der Waals surface area contributed by atoms with Crippen LogP contribution in [0.4, 0.5) is 0 Å². The van der Waals surface area contributed by atoms with Crippen molar-refractivity contribution in [2.75, 3.05) is 6.54 Å². The molecule has 14 heavy (non-hydrogen) atoms. The van der Waals surface area contributed by atoms with Crippen molar-refractivity contribution in [2.45, 2.75) is 19.9 Å². The molecule has 0 amide bonds. The Morgan fingerprint density at radius 3 is 2.79 bits per heavy atom. The van der Waals surface area contributed by atoms with E-state index in [0.717, 1.165) is 11.0 Å². The molecule has 0 bridgehead atoms. The molecule has 0 aliphatic heterocycles. The highest BCUT2D eigenvalue weighted by Crippen LogP contribution is 2.25.